The van der Waals surface area contributed by atoms with E-state index in [1.807, 2.05) is 0 Å². The van der Waals surface area contributed by atoms with Crippen molar-refractivity contribution in [1.29, 1.82) is 0 Å². The Kier molecular flexibility index (Phi) is 6.81. The van der Waals surface area contributed by atoms with Crippen molar-refractivity contribution in [1.82, 2.24) is 20.0 Å². The number of carboxylic acid groups (broad SMARTS) is 1. The van der Waals surface area contributed by atoms with Crippen molar-refractivity contribution in [3.8, 4) is 5.75 Å². The van der Waals surface area contributed by atoms with Gasteiger partial charge in [-0.05, 0) is 51.5 Å². The zero-order valence-corrected chi connectivity index (χ0v) is 20.8. The van der Waals surface area contributed by atoms with Crippen LogP contribution in [0.2, 0.25) is 0 Å². The number of hydrogen-bond donors (Lipinski definition) is 5. The number of alkyl halides is 2. The Hall–Kier alpha value is -3.43. The molecule has 2 amide bonds. The molecule has 0 bridgehead atoms. The number of nitrogens with zero attached hydrogens (tertiary/aromatic N) is 3. The molecular formula is C22H25F3N6O5S. The van der Waals surface area contributed by atoms with Gasteiger partial charge in [-0.1, -0.05) is 10.5 Å². The highest BCUT2D eigenvalue weighted by Crippen LogP contribution is 2.67. The Bertz CT molecular complexity index is 1260. The Morgan fingerprint density at radius 2 is 1.95 bits per heavy atom. The number of hydrogen-bond acceptors (Lipinski definition) is 8. The van der Waals surface area contributed by atoms with Crippen molar-refractivity contribution in [2.75, 3.05) is 11.9 Å². The summed E-state index contributed by atoms with van der Waals surface area (Å²) < 4.78 is 57.8. The van der Waals surface area contributed by atoms with E-state index in [-0.39, 0.29) is 28.8 Å². The summed E-state index contributed by atoms with van der Waals surface area (Å²) >= 11 is 0. The molecule has 2 aromatic rings. The number of ether oxygens (including phenoxy) is 1. The van der Waals surface area contributed by atoms with Gasteiger partial charge < -0.3 is 19.7 Å². The molecule has 2 aliphatic rings. The van der Waals surface area contributed by atoms with Gasteiger partial charge in [-0.15, -0.1) is 0 Å². The first-order valence-electron chi connectivity index (χ1n) is 11.1. The Morgan fingerprint density at radius 3 is 2.57 bits per heavy atom. The van der Waals surface area contributed by atoms with Gasteiger partial charge in [-0.25, -0.2) is 19.2 Å². The monoisotopic (exact) mass is 542 g/mol. The molecule has 200 valence electrons. The first kappa shape index (κ1) is 26.6. The number of fused-ring (bicyclic) bond motifs is 1. The molecule has 37 heavy (non-hydrogen) atoms. The van der Waals surface area contributed by atoms with Crippen LogP contribution >= 0.6 is 10.5 Å². The minimum Gasteiger partial charge on any atom is -0.465 e. The molecule has 2 aliphatic heterocycles. The zero-order chi connectivity index (χ0) is 27.2. The van der Waals surface area contributed by atoms with Crippen LogP contribution in [0.3, 0.4) is 0 Å². The zero-order valence-electron chi connectivity index (χ0n) is 20.0. The molecule has 11 nitrogen and oxygen atoms in total. The van der Waals surface area contributed by atoms with Gasteiger partial charge in [0.15, 0.2) is 0 Å². The lowest BCUT2D eigenvalue weighted by atomic mass is 9.89. The Labute approximate surface area is 211 Å². The summed E-state index contributed by atoms with van der Waals surface area (Å²) in [5, 5.41) is 13.5. The maximum atomic E-state index is 15.2. The van der Waals surface area contributed by atoms with Crippen LogP contribution in [-0.4, -0.2) is 60.6 Å². The molecule has 15 heteroatoms. The van der Waals surface area contributed by atoms with E-state index < -0.39 is 50.5 Å². The van der Waals surface area contributed by atoms with Gasteiger partial charge >= 0.3 is 12.7 Å². The first-order valence-corrected chi connectivity index (χ1v) is 12.7. The summed E-state index contributed by atoms with van der Waals surface area (Å²) in [6.45, 7) is 2.24. The molecule has 1 saturated heterocycles. The lowest BCUT2D eigenvalue weighted by Crippen LogP contribution is -2.59. The molecular weight excluding hydrogens is 517 g/mol. The lowest BCUT2D eigenvalue weighted by molar-refractivity contribution is -0.0500. The molecule has 0 saturated carbocycles. The number of pyridine rings is 2. The van der Waals surface area contributed by atoms with E-state index in [1.54, 1.807) is 20.8 Å². The molecule has 5 N–H and O–H groups in total. The molecule has 1 fully saturated rings. The number of aromatic nitrogens is 2. The highest BCUT2D eigenvalue weighted by atomic mass is 32.3. The fourth-order valence-electron chi connectivity index (χ4n) is 4.57. The highest BCUT2D eigenvalue weighted by Gasteiger charge is 2.62. The fraction of sp³-hybridized carbons (Fsp3) is 0.409. The van der Waals surface area contributed by atoms with Gasteiger partial charge in [-0.2, -0.15) is 8.78 Å². The predicted octanol–water partition coefficient (Wildman–Crippen LogP) is 3.70. The number of amides is 2. The number of amidine groups is 1. The van der Waals surface area contributed by atoms with Crippen LogP contribution in [0.1, 0.15) is 43.4 Å². The van der Waals surface area contributed by atoms with E-state index in [9.17, 15) is 28.0 Å². The van der Waals surface area contributed by atoms with Crippen LogP contribution in [0, 0.1) is 5.82 Å². The highest BCUT2D eigenvalue weighted by molar-refractivity contribution is 8.29. The fourth-order valence-corrected chi connectivity index (χ4v) is 7.95. The quantitative estimate of drug-likeness (QED) is 0.383. The van der Waals surface area contributed by atoms with E-state index >= 15 is 4.39 Å². The first-order chi connectivity index (χ1) is 17.3. The number of carbonyl (C=O) groups excluding carboxylic acids is 1. The van der Waals surface area contributed by atoms with Crippen molar-refractivity contribution in [3.63, 3.8) is 0 Å². The van der Waals surface area contributed by atoms with Crippen LogP contribution in [0.15, 0.2) is 35.5 Å². The van der Waals surface area contributed by atoms with Gasteiger partial charge in [0.05, 0.1) is 16.2 Å². The normalized spacial score (nSPS) is 26.3. The average molecular weight is 543 g/mol. The van der Waals surface area contributed by atoms with Crippen LogP contribution in [0.4, 0.5) is 23.8 Å². The Morgan fingerprint density at radius 1 is 1.22 bits per heavy atom. The number of carbonyl (C=O) groups is 2. The third-order valence-electron chi connectivity index (χ3n) is 6.45. The molecule has 0 aliphatic carbocycles. The van der Waals surface area contributed by atoms with E-state index in [1.165, 1.54) is 12.1 Å². The van der Waals surface area contributed by atoms with Gasteiger partial charge in [-0.3, -0.25) is 19.8 Å². The predicted molar refractivity (Wildman–Crippen MR) is 130 cm³/mol. The van der Waals surface area contributed by atoms with Crippen molar-refractivity contribution in [3.05, 3.63) is 47.7 Å². The SMILES string of the molecule is CC1(C)C(NC(=O)O)=N[C@](C)(c2nc(NC(=O)c3ccc(OC(F)F)cn3)ccc2F)[C@H]2CCN[S@]21O. The van der Waals surface area contributed by atoms with E-state index in [0.29, 0.717) is 13.0 Å². The number of nitrogens with one attached hydrogen (secondary N) is 3. The summed E-state index contributed by atoms with van der Waals surface area (Å²) in [7, 11) is -2.76. The smallest absolute Gasteiger partial charge is 0.410 e. The molecule has 0 radical (unpaired) electrons. The topological polar surface area (TPSA) is 158 Å². The second kappa shape index (κ2) is 9.46. The van der Waals surface area contributed by atoms with E-state index in [2.05, 4.69) is 35.1 Å². The number of rotatable bonds is 5. The third kappa shape index (κ3) is 4.69. The number of anilines is 1. The third-order valence-corrected chi connectivity index (χ3v) is 10.4. The molecule has 4 rings (SSSR count). The van der Waals surface area contributed by atoms with Crippen LogP contribution in [-0.2, 0) is 5.54 Å². The van der Waals surface area contributed by atoms with Crippen molar-refractivity contribution in [2.45, 2.75) is 49.3 Å². The van der Waals surface area contributed by atoms with Crippen molar-refractivity contribution in [2.24, 2.45) is 4.99 Å². The molecule has 0 aromatic carbocycles. The summed E-state index contributed by atoms with van der Waals surface area (Å²) in [5.74, 6) is -1.85. The maximum Gasteiger partial charge on any atom is 0.410 e. The molecule has 0 unspecified atom stereocenters. The van der Waals surface area contributed by atoms with E-state index in [0.717, 1.165) is 18.3 Å². The lowest BCUT2D eigenvalue weighted by Gasteiger charge is -2.56. The maximum absolute atomic E-state index is 15.2. The second-order valence-electron chi connectivity index (χ2n) is 9.08. The molecule has 0 spiro atoms. The van der Waals surface area contributed by atoms with Gasteiger partial charge in [0.25, 0.3) is 5.91 Å². The van der Waals surface area contributed by atoms with Gasteiger partial charge in [0.1, 0.15) is 40.1 Å². The second-order valence-corrected chi connectivity index (χ2v) is 12.2. The molecule has 2 aromatic heterocycles. The van der Waals surface area contributed by atoms with Crippen molar-refractivity contribution < 1.29 is 37.2 Å². The number of halogens is 3. The van der Waals surface area contributed by atoms with Crippen LogP contribution < -0.4 is 20.1 Å². The van der Waals surface area contributed by atoms with Crippen LogP contribution in [0.5, 0.6) is 5.75 Å². The van der Waals surface area contributed by atoms with Gasteiger partial charge in [0.2, 0.25) is 0 Å². The molecule has 4 heterocycles. The minimum absolute atomic E-state index is 0.0448. The summed E-state index contributed by atoms with van der Waals surface area (Å²) in [6, 6.07) is 4.61. The van der Waals surface area contributed by atoms with Crippen molar-refractivity contribution >= 4 is 34.1 Å². The average Bonchev–Trinajstić information content (AvgIpc) is 3.23. The molecule has 3 atom stereocenters. The van der Waals surface area contributed by atoms with Crippen LogP contribution in [0.25, 0.3) is 0 Å². The number of aliphatic imine (C=N–C) groups is 1. The largest absolute Gasteiger partial charge is 0.465 e. The summed E-state index contributed by atoms with van der Waals surface area (Å²) in [6.07, 6.45) is -0.0113. The summed E-state index contributed by atoms with van der Waals surface area (Å²) in [5.41, 5.74) is -1.82. The minimum atomic E-state index is -3.04. The Balaban J connectivity index is 1.70. The summed E-state index contributed by atoms with van der Waals surface area (Å²) in [4.78, 5) is 36.8. The standard InChI is InChI=1S/C22H25F3N6O5S/c1-21(2)18(30-20(33)34)31-22(3,14-8-9-27-37(14,21)35)16-12(23)5-7-15(28-16)29-17(32)13-6-4-11(10-26-13)36-19(24)25/h4-7,10,14,19,27,35H,8-9H2,1-3H3,(H,30,31)(H,33,34)(H,28,29,32)/t14-,22+/m1/s1. The van der Waals surface area contributed by atoms with E-state index in [4.69, 9.17) is 0 Å². The van der Waals surface area contributed by atoms with Gasteiger partial charge in [0, 0.05) is 6.54 Å².